The third kappa shape index (κ3) is 2.18. The molecule has 0 amide bonds. The van der Waals surface area contributed by atoms with Gasteiger partial charge < -0.3 is 10.1 Å². The van der Waals surface area contributed by atoms with Crippen LogP contribution >= 0.6 is 15.9 Å². The van der Waals surface area contributed by atoms with Gasteiger partial charge in [0.1, 0.15) is 11.2 Å². The Hall–Kier alpha value is -1.62. The Balaban J connectivity index is 2.44. The number of carboxylic acids is 1. The number of H-pyrrole nitrogens is 1. The molecule has 2 aromatic rings. The number of halogens is 1. The molecular formula is C13H13BrN2O2. The normalized spacial score (nSPS) is 11.5. The van der Waals surface area contributed by atoms with Crippen molar-refractivity contribution in [1.82, 2.24) is 9.97 Å². The van der Waals surface area contributed by atoms with Crippen molar-refractivity contribution in [2.75, 3.05) is 0 Å². The lowest BCUT2D eigenvalue weighted by atomic mass is 9.93. The summed E-state index contributed by atoms with van der Waals surface area (Å²) in [4.78, 5) is 18.4. The van der Waals surface area contributed by atoms with E-state index in [4.69, 9.17) is 5.11 Å². The second kappa shape index (κ2) is 4.57. The van der Waals surface area contributed by atoms with Crippen LogP contribution in [0.25, 0.3) is 11.3 Å². The maximum absolute atomic E-state index is 11.2. The fourth-order valence-corrected chi connectivity index (χ4v) is 2.05. The summed E-state index contributed by atoms with van der Waals surface area (Å²) in [6.07, 6.45) is 1.65. The Kier molecular flexibility index (Phi) is 3.26. The predicted molar refractivity (Wildman–Crippen MR) is 72.4 cm³/mol. The zero-order valence-corrected chi connectivity index (χ0v) is 11.7. The van der Waals surface area contributed by atoms with E-state index in [2.05, 4.69) is 25.9 Å². The lowest BCUT2D eigenvalue weighted by Gasteiger charge is -2.15. The first-order valence-electron chi connectivity index (χ1n) is 5.46. The number of carbonyl (C=O) groups is 1. The van der Waals surface area contributed by atoms with Crippen LogP contribution in [0.5, 0.6) is 0 Å². The number of hydrogen-bond acceptors (Lipinski definition) is 2. The average molecular weight is 309 g/mol. The molecule has 1 aromatic heterocycles. The standard InChI is InChI=1S/C13H13BrN2O2/c1-13(2,12(17)18)11-15-7-10(16-11)8-5-3-4-6-9(8)14/h3-7H,1-2H3,(H,15,16)(H,17,18). The lowest BCUT2D eigenvalue weighted by molar-refractivity contribution is -0.142. The molecule has 0 atom stereocenters. The number of carboxylic acid groups (broad SMARTS) is 1. The van der Waals surface area contributed by atoms with Gasteiger partial charge in [0.2, 0.25) is 0 Å². The molecule has 0 fully saturated rings. The van der Waals surface area contributed by atoms with E-state index in [1.54, 1.807) is 20.0 Å². The van der Waals surface area contributed by atoms with E-state index in [1.165, 1.54) is 0 Å². The number of nitrogens with one attached hydrogen (secondary N) is 1. The zero-order valence-electron chi connectivity index (χ0n) is 10.1. The molecule has 18 heavy (non-hydrogen) atoms. The number of aromatic nitrogens is 2. The highest BCUT2D eigenvalue weighted by molar-refractivity contribution is 9.10. The van der Waals surface area contributed by atoms with Gasteiger partial charge in [-0.1, -0.05) is 34.1 Å². The molecule has 0 aliphatic rings. The quantitative estimate of drug-likeness (QED) is 0.915. The second-order valence-electron chi connectivity index (χ2n) is 4.56. The third-order valence-electron chi connectivity index (χ3n) is 2.87. The Morgan fingerprint density at radius 3 is 2.67 bits per heavy atom. The zero-order chi connectivity index (χ0) is 13.3. The van der Waals surface area contributed by atoms with Crippen molar-refractivity contribution in [3.63, 3.8) is 0 Å². The summed E-state index contributed by atoms with van der Waals surface area (Å²) < 4.78 is 0.938. The molecule has 0 bridgehead atoms. The van der Waals surface area contributed by atoms with Crippen molar-refractivity contribution in [1.29, 1.82) is 0 Å². The van der Waals surface area contributed by atoms with Crippen molar-refractivity contribution < 1.29 is 9.90 Å². The van der Waals surface area contributed by atoms with Crippen LogP contribution in [0.2, 0.25) is 0 Å². The van der Waals surface area contributed by atoms with E-state index in [1.807, 2.05) is 24.3 Å². The molecule has 0 saturated carbocycles. The number of nitrogens with zero attached hydrogens (tertiary/aromatic N) is 1. The summed E-state index contributed by atoms with van der Waals surface area (Å²) >= 11 is 3.46. The van der Waals surface area contributed by atoms with Crippen molar-refractivity contribution in [2.45, 2.75) is 19.3 Å². The summed E-state index contributed by atoms with van der Waals surface area (Å²) in [6.45, 7) is 3.25. The minimum absolute atomic E-state index is 0.445. The third-order valence-corrected chi connectivity index (χ3v) is 3.56. The van der Waals surface area contributed by atoms with E-state index in [0.29, 0.717) is 5.82 Å². The second-order valence-corrected chi connectivity index (χ2v) is 5.41. The number of hydrogen-bond donors (Lipinski definition) is 2. The van der Waals surface area contributed by atoms with E-state index >= 15 is 0 Å². The van der Waals surface area contributed by atoms with Gasteiger partial charge in [0.25, 0.3) is 0 Å². The van der Waals surface area contributed by atoms with Gasteiger partial charge in [-0.05, 0) is 19.9 Å². The van der Waals surface area contributed by atoms with E-state index in [0.717, 1.165) is 15.7 Å². The molecule has 0 aliphatic heterocycles. The van der Waals surface area contributed by atoms with Crippen LogP contribution in [0.15, 0.2) is 34.9 Å². The first-order chi connectivity index (χ1) is 8.43. The fourth-order valence-electron chi connectivity index (χ4n) is 1.56. The SMILES string of the molecule is CC(C)(C(=O)O)c1ncc(-c2ccccc2Br)[nH]1. The summed E-state index contributed by atoms with van der Waals surface area (Å²) in [5.41, 5.74) is 0.726. The van der Waals surface area contributed by atoms with E-state index < -0.39 is 11.4 Å². The molecule has 1 aromatic carbocycles. The number of rotatable bonds is 3. The monoisotopic (exact) mass is 308 g/mol. The van der Waals surface area contributed by atoms with Gasteiger partial charge in [0.15, 0.2) is 0 Å². The van der Waals surface area contributed by atoms with Crippen molar-refractivity contribution in [3.05, 3.63) is 40.8 Å². The number of imidazole rings is 1. The van der Waals surface area contributed by atoms with E-state index in [9.17, 15) is 4.79 Å². The summed E-state index contributed by atoms with van der Waals surface area (Å²) in [7, 11) is 0. The Morgan fingerprint density at radius 1 is 1.39 bits per heavy atom. The fraction of sp³-hybridized carbons (Fsp3) is 0.231. The van der Waals surface area contributed by atoms with Gasteiger partial charge in [0, 0.05) is 10.0 Å². The molecular weight excluding hydrogens is 296 g/mol. The van der Waals surface area contributed by atoms with Crippen molar-refractivity contribution in [3.8, 4) is 11.3 Å². The highest BCUT2D eigenvalue weighted by atomic mass is 79.9. The molecule has 94 valence electrons. The Labute approximate surface area is 113 Å². The smallest absolute Gasteiger partial charge is 0.316 e. The molecule has 5 heteroatoms. The predicted octanol–water partition coefficient (Wildman–Crippen LogP) is 3.20. The maximum atomic E-state index is 11.2. The van der Waals surface area contributed by atoms with Crippen LogP contribution in [0.1, 0.15) is 19.7 Å². The van der Waals surface area contributed by atoms with Crippen LogP contribution in [0, 0.1) is 0 Å². The molecule has 2 rings (SSSR count). The highest BCUT2D eigenvalue weighted by Gasteiger charge is 2.32. The van der Waals surface area contributed by atoms with Crippen LogP contribution in [-0.4, -0.2) is 21.0 Å². The molecule has 0 aliphatic carbocycles. The highest BCUT2D eigenvalue weighted by Crippen LogP contribution is 2.29. The van der Waals surface area contributed by atoms with Crippen LogP contribution in [-0.2, 0) is 10.2 Å². The molecule has 0 radical (unpaired) electrons. The van der Waals surface area contributed by atoms with Gasteiger partial charge in [-0.25, -0.2) is 4.98 Å². The van der Waals surface area contributed by atoms with Crippen LogP contribution in [0.3, 0.4) is 0 Å². The first kappa shape index (κ1) is 12.8. The van der Waals surface area contributed by atoms with Gasteiger partial charge in [-0.15, -0.1) is 0 Å². The maximum Gasteiger partial charge on any atom is 0.316 e. The molecule has 2 N–H and O–H groups in total. The van der Waals surface area contributed by atoms with Crippen LogP contribution in [0.4, 0.5) is 0 Å². The Bertz CT molecular complexity index is 590. The summed E-state index contributed by atoms with van der Waals surface area (Å²) in [6, 6.07) is 7.71. The topological polar surface area (TPSA) is 66.0 Å². The molecule has 0 unspecified atom stereocenters. The first-order valence-corrected chi connectivity index (χ1v) is 6.26. The summed E-state index contributed by atoms with van der Waals surface area (Å²) in [5.74, 6) is -0.462. The van der Waals surface area contributed by atoms with Crippen molar-refractivity contribution in [2.24, 2.45) is 0 Å². The average Bonchev–Trinajstić information content (AvgIpc) is 2.79. The van der Waals surface area contributed by atoms with Gasteiger partial charge in [-0.2, -0.15) is 0 Å². The van der Waals surface area contributed by atoms with Gasteiger partial charge >= 0.3 is 5.97 Å². The molecule has 0 spiro atoms. The summed E-state index contributed by atoms with van der Waals surface area (Å²) in [5, 5.41) is 9.16. The largest absolute Gasteiger partial charge is 0.481 e. The van der Waals surface area contributed by atoms with Crippen LogP contribution < -0.4 is 0 Å². The Morgan fingerprint density at radius 2 is 2.06 bits per heavy atom. The van der Waals surface area contributed by atoms with Crippen molar-refractivity contribution >= 4 is 21.9 Å². The molecule has 0 saturated heterocycles. The minimum Gasteiger partial charge on any atom is -0.481 e. The van der Waals surface area contributed by atoms with Gasteiger partial charge in [-0.3, -0.25) is 4.79 Å². The number of benzene rings is 1. The minimum atomic E-state index is -1.03. The number of aliphatic carboxylic acids is 1. The number of aromatic amines is 1. The lowest BCUT2D eigenvalue weighted by Crippen LogP contribution is -2.29. The van der Waals surface area contributed by atoms with Gasteiger partial charge in [0.05, 0.1) is 11.9 Å². The molecule has 4 nitrogen and oxygen atoms in total. The van der Waals surface area contributed by atoms with E-state index in [-0.39, 0.29) is 0 Å². The molecule has 1 heterocycles.